The molecule has 0 aromatic rings. The molecule has 0 spiro atoms. The zero-order valence-electron chi connectivity index (χ0n) is 13.0. The van der Waals surface area contributed by atoms with Crippen LogP contribution >= 0.6 is 0 Å². The molecule has 1 rings (SSSR count). The lowest BCUT2D eigenvalue weighted by atomic mass is 10.0. The second-order valence-corrected chi connectivity index (χ2v) is 5.58. The Morgan fingerprint density at radius 2 is 1.95 bits per heavy atom. The van der Waals surface area contributed by atoms with Crippen molar-refractivity contribution < 1.29 is 14.4 Å². The van der Waals surface area contributed by atoms with Crippen LogP contribution in [-0.4, -0.2) is 24.9 Å². The average molecular weight is 283 g/mol. The summed E-state index contributed by atoms with van der Waals surface area (Å²) in [7, 11) is 1.42. The summed E-state index contributed by atoms with van der Waals surface area (Å²) in [5.74, 6) is -0.178. The van der Waals surface area contributed by atoms with Gasteiger partial charge in [-0.15, -0.1) is 0 Å². The van der Waals surface area contributed by atoms with E-state index in [1.807, 2.05) is 0 Å². The zero-order valence-corrected chi connectivity index (χ0v) is 13.0. The Labute approximate surface area is 122 Å². The molecule has 0 bridgehead atoms. The maximum Gasteiger partial charge on any atom is 0.305 e. The summed E-state index contributed by atoms with van der Waals surface area (Å²) in [6.07, 6.45) is 12.5. The van der Waals surface area contributed by atoms with Crippen molar-refractivity contribution in [2.45, 2.75) is 83.7 Å². The van der Waals surface area contributed by atoms with Crippen LogP contribution in [0.3, 0.4) is 0 Å². The number of nitrogens with zero attached hydrogens (tertiary/aromatic N) is 1. The van der Waals surface area contributed by atoms with E-state index in [0.717, 1.165) is 18.6 Å². The van der Waals surface area contributed by atoms with E-state index in [9.17, 15) is 4.79 Å². The fourth-order valence-corrected chi connectivity index (χ4v) is 2.47. The molecule has 0 saturated carbocycles. The molecule has 4 heteroatoms. The van der Waals surface area contributed by atoms with Gasteiger partial charge in [-0.3, -0.25) is 4.79 Å². The summed E-state index contributed by atoms with van der Waals surface area (Å²) in [6, 6.07) is 0. The molecule has 1 aliphatic rings. The number of esters is 1. The van der Waals surface area contributed by atoms with Crippen LogP contribution in [-0.2, 0) is 14.4 Å². The highest BCUT2D eigenvalue weighted by atomic mass is 16.6. The van der Waals surface area contributed by atoms with Gasteiger partial charge < -0.3 is 9.57 Å². The molecule has 1 heterocycles. The van der Waals surface area contributed by atoms with E-state index in [1.165, 1.54) is 52.1 Å². The number of rotatable bonds is 11. The van der Waals surface area contributed by atoms with Crippen molar-refractivity contribution in [1.82, 2.24) is 0 Å². The van der Waals surface area contributed by atoms with Crippen LogP contribution in [0.15, 0.2) is 5.16 Å². The van der Waals surface area contributed by atoms with Crippen LogP contribution in [0, 0.1) is 0 Å². The van der Waals surface area contributed by atoms with Gasteiger partial charge in [0.2, 0.25) is 0 Å². The lowest BCUT2D eigenvalue weighted by Gasteiger charge is -2.07. The minimum atomic E-state index is -0.178. The Kier molecular flexibility index (Phi) is 9.09. The van der Waals surface area contributed by atoms with E-state index in [4.69, 9.17) is 4.84 Å². The van der Waals surface area contributed by atoms with E-state index in [2.05, 4.69) is 16.8 Å². The summed E-state index contributed by atoms with van der Waals surface area (Å²) in [5.41, 5.74) is 1.00. The monoisotopic (exact) mass is 283 g/mol. The van der Waals surface area contributed by atoms with E-state index < -0.39 is 0 Å². The van der Waals surface area contributed by atoms with Crippen molar-refractivity contribution in [3.05, 3.63) is 0 Å². The summed E-state index contributed by atoms with van der Waals surface area (Å²) in [4.78, 5) is 16.5. The fraction of sp³-hybridized carbons (Fsp3) is 0.875. The molecule has 0 saturated heterocycles. The summed E-state index contributed by atoms with van der Waals surface area (Å²) in [5, 5.41) is 4.07. The van der Waals surface area contributed by atoms with Crippen LogP contribution < -0.4 is 0 Å². The predicted octanol–water partition coefficient (Wildman–Crippen LogP) is 4.23. The Morgan fingerprint density at radius 1 is 1.25 bits per heavy atom. The van der Waals surface area contributed by atoms with Crippen molar-refractivity contribution in [3.63, 3.8) is 0 Å². The van der Waals surface area contributed by atoms with Crippen molar-refractivity contribution >= 4 is 11.7 Å². The van der Waals surface area contributed by atoms with Crippen molar-refractivity contribution in [2.24, 2.45) is 5.16 Å². The van der Waals surface area contributed by atoms with Crippen LogP contribution in [0.4, 0.5) is 0 Å². The number of ether oxygens (including phenoxy) is 1. The molecule has 20 heavy (non-hydrogen) atoms. The lowest BCUT2D eigenvalue weighted by Crippen LogP contribution is -2.09. The molecule has 0 N–H and O–H groups in total. The first-order valence-corrected chi connectivity index (χ1v) is 8.04. The van der Waals surface area contributed by atoms with Gasteiger partial charge in [-0.05, 0) is 19.3 Å². The number of carbonyl (C=O) groups is 1. The molecule has 116 valence electrons. The molecule has 1 aliphatic heterocycles. The number of hydrogen-bond donors (Lipinski definition) is 0. The molecule has 0 fully saturated rings. The van der Waals surface area contributed by atoms with Gasteiger partial charge in [0.1, 0.15) is 6.10 Å². The SMILES string of the molecule is CCCCCCCCCC1CC(CCC(=O)OC)=NO1. The Morgan fingerprint density at radius 3 is 2.65 bits per heavy atom. The standard InChI is InChI=1S/C16H29NO3/c1-3-4-5-6-7-8-9-10-15-13-14(17-20-15)11-12-16(18)19-2/h15H,3-13H2,1-2H3. The van der Waals surface area contributed by atoms with Crippen LogP contribution in [0.25, 0.3) is 0 Å². The summed E-state index contributed by atoms with van der Waals surface area (Å²) in [6.45, 7) is 2.25. The maximum absolute atomic E-state index is 11.1. The third-order valence-corrected chi connectivity index (χ3v) is 3.77. The van der Waals surface area contributed by atoms with Crippen molar-refractivity contribution in [2.75, 3.05) is 7.11 Å². The van der Waals surface area contributed by atoms with Gasteiger partial charge in [-0.1, -0.05) is 50.6 Å². The van der Waals surface area contributed by atoms with E-state index in [-0.39, 0.29) is 12.1 Å². The highest BCUT2D eigenvalue weighted by Crippen LogP contribution is 2.20. The van der Waals surface area contributed by atoms with E-state index >= 15 is 0 Å². The Hall–Kier alpha value is -1.06. The molecule has 0 aromatic carbocycles. The van der Waals surface area contributed by atoms with Gasteiger partial charge >= 0.3 is 5.97 Å². The molecule has 0 aliphatic carbocycles. The summed E-state index contributed by atoms with van der Waals surface area (Å²) >= 11 is 0. The molecule has 0 radical (unpaired) electrons. The minimum Gasteiger partial charge on any atom is -0.469 e. The normalized spacial score (nSPS) is 17.7. The average Bonchev–Trinajstić information content (AvgIpc) is 2.91. The first kappa shape index (κ1) is 17.0. The Balaban J connectivity index is 1.96. The maximum atomic E-state index is 11.1. The van der Waals surface area contributed by atoms with Gasteiger partial charge in [0.05, 0.1) is 19.2 Å². The van der Waals surface area contributed by atoms with Gasteiger partial charge in [0, 0.05) is 6.42 Å². The van der Waals surface area contributed by atoms with Crippen molar-refractivity contribution in [1.29, 1.82) is 0 Å². The molecule has 0 aromatic heterocycles. The van der Waals surface area contributed by atoms with Gasteiger partial charge in [-0.2, -0.15) is 0 Å². The highest BCUT2D eigenvalue weighted by Gasteiger charge is 2.20. The smallest absolute Gasteiger partial charge is 0.305 e. The lowest BCUT2D eigenvalue weighted by molar-refractivity contribution is -0.140. The van der Waals surface area contributed by atoms with Gasteiger partial charge in [-0.25, -0.2) is 0 Å². The quantitative estimate of drug-likeness (QED) is 0.421. The van der Waals surface area contributed by atoms with Crippen molar-refractivity contribution in [3.8, 4) is 0 Å². The van der Waals surface area contributed by atoms with Crippen LogP contribution in [0.1, 0.15) is 77.6 Å². The minimum absolute atomic E-state index is 0.178. The zero-order chi connectivity index (χ0) is 14.6. The molecular formula is C16H29NO3. The second kappa shape index (κ2) is 10.7. The van der Waals surface area contributed by atoms with E-state index in [1.54, 1.807) is 0 Å². The molecular weight excluding hydrogens is 254 g/mol. The van der Waals surface area contributed by atoms with E-state index in [0.29, 0.717) is 12.8 Å². The second-order valence-electron chi connectivity index (χ2n) is 5.58. The molecule has 0 amide bonds. The fourth-order valence-electron chi connectivity index (χ4n) is 2.47. The van der Waals surface area contributed by atoms with Crippen LogP contribution in [0.2, 0.25) is 0 Å². The topological polar surface area (TPSA) is 47.9 Å². The number of carbonyl (C=O) groups excluding carboxylic acids is 1. The molecule has 1 unspecified atom stereocenters. The van der Waals surface area contributed by atoms with Gasteiger partial charge in [0.15, 0.2) is 0 Å². The summed E-state index contributed by atoms with van der Waals surface area (Å²) < 4.78 is 4.62. The van der Waals surface area contributed by atoms with Crippen LogP contribution in [0.5, 0.6) is 0 Å². The largest absolute Gasteiger partial charge is 0.469 e. The third-order valence-electron chi connectivity index (χ3n) is 3.77. The number of oxime groups is 1. The first-order valence-electron chi connectivity index (χ1n) is 8.04. The number of methoxy groups -OCH3 is 1. The number of unbranched alkanes of at least 4 members (excludes halogenated alkanes) is 6. The third kappa shape index (κ3) is 7.51. The number of hydrogen-bond acceptors (Lipinski definition) is 4. The highest BCUT2D eigenvalue weighted by molar-refractivity contribution is 5.88. The Bertz CT molecular complexity index is 302. The molecule has 1 atom stereocenters. The predicted molar refractivity (Wildman–Crippen MR) is 80.8 cm³/mol. The van der Waals surface area contributed by atoms with Gasteiger partial charge in [0.25, 0.3) is 0 Å². The molecule has 4 nitrogen and oxygen atoms in total. The first-order chi connectivity index (χ1) is 9.76.